The minimum absolute atomic E-state index is 1.11. The van der Waals surface area contributed by atoms with Crippen LogP contribution in [0.1, 0.15) is 13.3 Å². The van der Waals surface area contributed by atoms with Gasteiger partial charge in [-0.2, -0.15) is 0 Å². The summed E-state index contributed by atoms with van der Waals surface area (Å²) in [7, 11) is 0. The van der Waals surface area contributed by atoms with Crippen molar-refractivity contribution in [3.63, 3.8) is 0 Å². The van der Waals surface area contributed by atoms with E-state index >= 15 is 0 Å². The molecule has 44 valence electrons. The van der Waals surface area contributed by atoms with Crippen molar-refractivity contribution in [1.29, 1.82) is 0 Å². The summed E-state index contributed by atoms with van der Waals surface area (Å²) in [5.41, 5.74) is 1.27. The Balaban J connectivity index is 2.57. The molecule has 0 atom stereocenters. The van der Waals surface area contributed by atoms with Crippen LogP contribution < -0.4 is 0 Å². The largest absolute Gasteiger partial charge is 0.126 e. The van der Waals surface area contributed by atoms with E-state index in [4.69, 9.17) is 0 Å². The maximum Gasteiger partial charge on any atom is 0.0223 e. The molecule has 8 heavy (non-hydrogen) atoms. The molecule has 1 aliphatic rings. The van der Waals surface area contributed by atoms with Gasteiger partial charge in [-0.3, -0.25) is 0 Å². The number of rotatable bonds is 1. The van der Waals surface area contributed by atoms with Crippen LogP contribution in [0, 0.1) is 0 Å². The summed E-state index contributed by atoms with van der Waals surface area (Å²) in [5.74, 6) is 1.11. The average molecular weight is 126 g/mol. The first kappa shape index (κ1) is 5.96. The molecule has 0 bridgehead atoms. The fraction of sp³-hybridized carbons (Fsp3) is 0.429. The molecule has 0 aliphatic carbocycles. The quantitative estimate of drug-likeness (QED) is 0.520. The van der Waals surface area contributed by atoms with Crippen LogP contribution in [-0.4, -0.2) is 5.75 Å². The molecule has 0 nitrogen and oxygen atoms in total. The summed E-state index contributed by atoms with van der Waals surface area (Å²) in [5, 5.41) is 0. The highest BCUT2D eigenvalue weighted by Gasteiger charge is 2.04. The third-order valence-electron chi connectivity index (χ3n) is 1.16. The van der Waals surface area contributed by atoms with Crippen molar-refractivity contribution >= 4 is 11.8 Å². The van der Waals surface area contributed by atoms with E-state index in [0.29, 0.717) is 0 Å². The molecule has 0 aromatic carbocycles. The zero-order chi connectivity index (χ0) is 5.98. The van der Waals surface area contributed by atoms with Gasteiger partial charge in [-0.05, 0) is 23.0 Å². The molecular formula is C7H10S. The zero-order valence-electron chi connectivity index (χ0n) is 5.11. The maximum absolute atomic E-state index is 3.86. The van der Waals surface area contributed by atoms with Crippen LogP contribution in [0.5, 0.6) is 0 Å². The van der Waals surface area contributed by atoms with Crippen LogP contribution in [0.25, 0.3) is 0 Å². The Bertz CT molecular complexity index is 133. The Kier molecular flexibility index (Phi) is 1.79. The van der Waals surface area contributed by atoms with Crippen LogP contribution in [-0.2, 0) is 0 Å². The third kappa shape index (κ3) is 1.16. The minimum atomic E-state index is 1.11. The SMILES string of the molecule is C=C1C=C(CC)SC1. The number of allylic oxidation sites excluding steroid dienone is 2. The van der Waals surface area contributed by atoms with E-state index in [1.165, 1.54) is 16.9 Å². The molecular weight excluding hydrogens is 116 g/mol. The predicted octanol–water partition coefficient (Wildman–Crippen LogP) is 2.58. The van der Waals surface area contributed by atoms with Gasteiger partial charge in [0, 0.05) is 5.75 Å². The van der Waals surface area contributed by atoms with Gasteiger partial charge in [0.05, 0.1) is 0 Å². The Morgan fingerprint density at radius 3 is 2.88 bits per heavy atom. The molecule has 1 aliphatic heterocycles. The van der Waals surface area contributed by atoms with Crippen LogP contribution >= 0.6 is 11.8 Å². The van der Waals surface area contributed by atoms with Crippen molar-refractivity contribution in [2.24, 2.45) is 0 Å². The molecule has 0 aromatic rings. The molecule has 1 heteroatoms. The number of hydrogen-bond donors (Lipinski definition) is 0. The lowest BCUT2D eigenvalue weighted by Crippen LogP contribution is -1.66. The van der Waals surface area contributed by atoms with E-state index in [0.717, 1.165) is 5.75 Å². The van der Waals surface area contributed by atoms with Gasteiger partial charge in [-0.1, -0.05) is 13.5 Å². The van der Waals surface area contributed by atoms with Crippen LogP contribution in [0.2, 0.25) is 0 Å². The fourth-order valence-corrected chi connectivity index (χ4v) is 1.61. The Labute approximate surface area is 54.7 Å². The fourth-order valence-electron chi connectivity index (χ4n) is 0.701. The first-order valence-electron chi connectivity index (χ1n) is 2.84. The molecule has 1 rings (SSSR count). The van der Waals surface area contributed by atoms with Gasteiger partial charge in [-0.15, -0.1) is 11.8 Å². The number of thioether (sulfide) groups is 1. The second-order valence-corrected chi connectivity index (χ2v) is 3.01. The molecule has 0 aromatic heterocycles. The van der Waals surface area contributed by atoms with Gasteiger partial charge in [0.2, 0.25) is 0 Å². The molecule has 0 saturated carbocycles. The maximum atomic E-state index is 3.86. The first-order chi connectivity index (χ1) is 3.83. The lowest BCUT2D eigenvalue weighted by Gasteiger charge is -1.88. The van der Waals surface area contributed by atoms with Gasteiger partial charge in [-0.25, -0.2) is 0 Å². The van der Waals surface area contributed by atoms with Gasteiger partial charge in [0.1, 0.15) is 0 Å². The van der Waals surface area contributed by atoms with Crippen molar-refractivity contribution in [3.05, 3.63) is 23.1 Å². The molecule has 0 saturated heterocycles. The van der Waals surface area contributed by atoms with Crippen molar-refractivity contribution in [3.8, 4) is 0 Å². The smallest absolute Gasteiger partial charge is 0.0223 e. The normalized spacial score (nSPS) is 19.1. The highest BCUT2D eigenvalue weighted by molar-refractivity contribution is 8.03. The van der Waals surface area contributed by atoms with Crippen molar-refractivity contribution < 1.29 is 0 Å². The Morgan fingerprint density at radius 1 is 1.88 bits per heavy atom. The first-order valence-corrected chi connectivity index (χ1v) is 3.82. The highest BCUT2D eigenvalue weighted by Crippen LogP contribution is 2.29. The van der Waals surface area contributed by atoms with Gasteiger partial charge >= 0.3 is 0 Å². The van der Waals surface area contributed by atoms with Crippen molar-refractivity contribution in [2.45, 2.75) is 13.3 Å². The lowest BCUT2D eigenvalue weighted by atomic mass is 10.3. The number of hydrogen-bond acceptors (Lipinski definition) is 1. The average Bonchev–Trinajstić information content (AvgIpc) is 2.14. The summed E-state index contributed by atoms with van der Waals surface area (Å²) >= 11 is 1.91. The molecule has 0 N–H and O–H groups in total. The molecule has 0 fully saturated rings. The van der Waals surface area contributed by atoms with Gasteiger partial charge in [0.25, 0.3) is 0 Å². The molecule has 0 amide bonds. The standard InChI is InChI=1S/C7H10S/c1-3-7-4-6(2)5-8-7/h4H,2-3,5H2,1H3. The molecule has 0 unspecified atom stereocenters. The van der Waals surface area contributed by atoms with E-state index < -0.39 is 0 Å². The molecule has 1 heterocycles. The zero-order valence-corrected chi connectivity index (χ0v) is 5.92. The van der Waals surface area contributed by atoms with Gasteiger partial charge < -0.3 is 0 Å². The Morgan fingerprint density at radius 2 is 2.62 bits per heavy atom. The van der Waals surface area contributed by atoms with Crippen molar-refractivity contribution in [1.82, 2.24) is 0 Å². The molecule has 0 spiro atoms. The van der Waals surface area contributed by atoms with Crippen molar-refractivity contribution in [2.75, 3.05) is 5.75 Å². The van der Waals surface area contributed by atoms with Crippen LogP contribution in [0.3, 0.4) is 0 Å². The second-order valence-electron chi connectivity index (χ2n) is 1.91. The summed E-state index contributed by atoms with van der Waals surface area (Å²) in [6, 6.07) is 0. The summed E-state index contributed by atoms with van der Waals surface area (Å²) in [6.45, 7) is 6.03. The second kappa shape index (κ2) is 2.40. The van der Waals surface area contributed by atoms with Crippen LogP contribution in [0.15, 0.2) is 23.1 Å². The summed E-state index contributed by atoms with van der Waals surface area (Å²) in [6.07, 6.45) is 3.36. The summed E-state index contributed by atoms with van der Waals surface area (Å²) < 4.78 is 0. The molecule has 0 radical (unpaired) electrons. The lowest BCUT2D eigenvalue weighted by molar-refractivity contribution is 1.20. The highest BCUT2D eigenvalue weighted by atomic mass is 32.2. The monoisotopic (exact) mass is 126 g/mol. The van der Waals surface area contributed by atoms with Gasteiger partial charge in [0.15, 0.2) is 0 Å². The third-order valence-corrected chi connectivity index (χ3v) is 2.45. The topological polar surface area (TPSA) is 0 Å². The van der Waals surface area contributed by atoms with Crippen LogP contribution in [0.4, 0.5) is 0 Å². The van der Waals surface area contributed by atoms with E-state index in [9.17, 15) is 0 Å². The van der Waals surface area contributed by atoms with E-state index in [-0.39, 0.29) is 0 Å². The summed E-state index contributed by atoms with van der Waals surface area (Å²) in [4.78, 5) is 1.48. The van der Waals surface area contributed by atoms with E-state index in [1.54, 1.807) is 0 Å². The predicted molar refractivity (Wildman–Crippen MR) is 40.0 cm³/mol. The Hall–Kier alpha value is -0.170. The minimum Gasteiger partial charge on any atom is -0.126 e. The van der Waals surface area contributed by atoms with E-state index in [1.807, 2.05) is 11.8 Å². The van der Waals surface area contributed by atoms with E-state index in [2.05, 4.69) is 19.6 Å².